The summed E-state index contributed by atoms with van der Waals surface area (Å²) in [6.45, 7) is 2.21. The standard InChI is InChI=1S/C20H20N2O3S/c1-24-17-8-4-3-7-15(17)19-21-16(20(23)25-19)13-14-9-10-18(26-14)22-11-5-2-6-12-22/h3-4,7-10,13H,2,5-6,11-12H2,1H3/b16-13-. The highest BCUT2D eigenvalue weighted by atomic mass is 32.1. The van der Waals surface area contributed by atoms with E-state index in [1.165, 1.54) is 24.3 Å². The van der Waals surface area contributed by atoms with E-state index in [4.69, 9.17) is 9.47 Å². The van der Waals surface area contributed by atoms with Crippen LogP contribution < -0.4 is 9.64 Å². The van der Waals surface area contributed by atoms with Gasteiger partial charge in [-0.25, -0.2) is 9.79 Å². The van der Waals surface area contributed by atoms with E-state index >= 15 is 0 Å². The maximum absolute atomic E-state index is 12.2. The topological polar surface area (TPSA) is 51.1 Å². The van der Waals surface area contributed by atoms with Gasteiger partial charge in [0.25, 0.3) is 0 Å². The van der Waals surface area contributed by atoms with E-state index in [-0.39, 0.29) is 5.90 Å². The molecule has 3 heterocycles. The van der Waals surface area contributed by atoms with Gasteiger partial charge >= 0.3 is 5.97 Å². The van der Waals surface area contributed by atoms with E-state index in [0.29, 0.717) is 17.0 Å². The van der Waals surface area contributed by atoms with E-state index in [0.717, 1.165) is 18.0 Å². The lowest BCUT2D eigenvalue weighted by Crippen LogP contribution is -2.28. The van der Waals surface area contributed by atoms with Gasteiger partial charge in [-0.3, -0.25) is 0 Å². The third-order valence-corrected chi connectivity index (χ3v) is 5.61. The molecule has 0 atom stereocenters. The van der Waals surface area contributed by atoms with Gasteiger partial charge in [-0.2, -0.15) is 0 Å². The zero-order valence-electron chi connectivity index (χ0n) is 14.6. The van der Waals surface area contributed by atoms with Crippen LogP contribution in [0.1, 0.15) is 29.7 Å². The van der Waals surface area contributed by atoms with Crippen molar-refractivity contribution in [1.82, 2.24) is 0 Å². The molecule has 0 N–H and O–H groups in total. The molecular formula is C20H20N2O3S. The predicted octanol–water partition coefficient (Wildman–Crippen LogP) is 4.09. The van der Waals surface area contributed by atoms with E-state index in [2.05, 4.69) is 16.0 Å². The van der Waals surface area contributed by atoms with E-state index < -0.39 is 5.97 Å². The van der Waals surface area contributed by atoms with Crippen LogP contribution in [0.15, 0.2) is 47.1 Å². The molecule has 26 heavy (non-hydrogen) atoms. The number of thiophene rings is 1. The predicted molar refractivity (Wildman–Crippen MR) is 104 cm³/mol. The quantitative estimate of drug-likeness (QED) is 0.602. The number of nitrogens with zero attached hydrogens (tertiary/aromatic N) is 2. The first-order valence-electron chi connectivity index (χ1n) is 8.75. The lowest BCUT2D eigenvalue weighted by molar-refractivity contribution is -0.129. The summed E-state index contributed by atoms with van der Waals surface area (Å²) >= 11 is 1.68. The Hall–Kier alpha value is -2.60. The largest absolute Gasteiger partial charge is 0.496 e. The van der Waals surface area contributed by atoms with Crippen LogP contribution in [0.5, 0.6) is 5.75 Å². The molecule has 1 aromatic heterocycles. The van der Waals surface area contributed by atoms with Crippen molar-refractivity contribution in [3.05, 3.63) is 52.5 Å². The Labute approximate surface area is 156 Å². The maximum Gasteiger partial charge on any atom is 0.363 e. The van der Waals surface area contributed by atoms with Crippen LogP contribution in [0.2, 0.25) is 0 Å². The Morgan fingerprint density at radius 3 is 2.77 bits per heavy atom. The zero-order valence-corrected chi connectivity index (χ0v) is 15.4. The van der Waals surface area contributed by atoms with E-state index in [1.807, 2.05) is 30.3 Å². The molecule has 0 radical (unpaired) electrons. The van der Waals surface area contributed by atoms with Gasteiger partial charge in [0.15, 0.2) is 5.70 Å². The monoisotopic (exact) mass is 368 g/mol. The molecule has 6 heteroatoms. The van der Waals surface area contributed by atoms with Crippen LogP contribution in [0.4, 0.5) is 5.00 Å². The molecule has 0 unspecified atom stereocenters. The molecule has 4 rings (SSSR count). The Balaban J connectivity index is 1.58. The number of benzene rings is 1. The first-order valence-corrected chi connectivity index (χ1v) is 9.57. The Kier molecular flexibility index (Phi) is 4.75. The summed E-state index contributed by atoms with van der Waals surface area (Å²) in [5.41, 5.74) is 0.991. The fourth-order valence-corrected chi connectivity index (χ4v) is 4.18. The molecule has 0 aliphatic carbocycles. The lowest BCUT2D eigenvalue weighted by atomic mass is 10.1. The minimum absolute atomic E-state index is 0.284. The molecule has 2 aliphatic heterocycles. The summed E-state index contributed by atoms with van der Waals surface area (Å²) in [5, 5.41) is 1.25. The number of hydrogen-bond donors (Lipinski definition) is 0. The van der Waals surface area contributed by atoms with Gasteiger partial charge in [-0.1, -0.05) is 12.1 Å². The maximum atomic E-state index is 12.2. The minimum Gasteiger partial charge on any atom is -0.496 e. The third kappa shape index (κ3) is 3.37. The van der Waals surface area contributed by atoms with E-state index in [1.54, 1.807) is 24.5 Å². The summed E-state index contributed by atoms with van der Waals surface area (Å²) in [5.74, 6) is 0.481. The average molecular weight is 368 g/mol. The second kappa shape index (κ2) is 7.33. The minimum atomic E-state index is -0.432. The van der Waals surface area contributed by atoms with Gasteiger partial charge in [0.2, 0.25) is 5.90 Å². The molecule has 2 aromatic rings. The van der Waals surface area contributed by atoms with Crippen molar-refractivity contribution < 1.29 is 14.3 Å². The number of methoxy groups -OCH3 is 1. The molecule has 0 spiro atoms. The molecular weight excluding hydrogens is 348 g/mol. The smallest absolute Gasteiger partial charge is 0.363 e. The molecule has 0 saturated carbocycles. The lowest BCUT2D eigenvalue weighted by Gasteiger charge is -2.27. The number of rotatable bonds is 4. The molecule has 0 amide bonds. The first kappa shape index (κ1) is 16.8. The Bertz CT molecular complexity index is 879. The van der Waals surface area contributed by atoms with Crippen LogP contribution in [-0.2, 0) is 9.53 Å². The number of carbonyl (C=O) groups excluding carboxylic acids is 1. The number of ether oxygens (including phenoxy) is 2. The van der Waals surface area contributed by atoms with Gasteiger partial charge in [-0.15, -0.1) is 11.3 Å². The number of para-hydroxylation sites is 1. The summed E-state index contributed by atoms with van der Waals surface area (Å²) in [6.07, 6.45) is 5.59. The van der Waals surface area contributed by atoms with Gasteiger partial charge in [0, 0.05) is 18.0 Å². The number of cyclic esters (lactones) is 1. The van der Waals surface area contributed by atoms with Gasteiger partial charge in [-0.05, 0) is 49.6 Å². The molecule has 5 nitrogen and oxygen atoms in total. The van der Waals surface area contributed by atoms with Crippen molar-refractivity contribution in [2.24, 2.45) is 4.99 Å². The number of esters is 1. The van der Waals surface area contributed by atoms with Crippen LogP contribution in [0, 0.1) is 0 Å². The molecule has 0 bridgehead atoms. The van der Waals surface area contributed by atoms with Crippen molar-refractivity contribution in [1.29, 1.82) is 0 Å². The molecule has 2 aliphatic rings. The normalized spacial score (nSPS) is 18.8. The summed E-state index contributed by atoms with van der Waals surface area (Å²) in [6, 6.07) is 11.5. The molecule has 1 saturated heterocycles. The number of carbonyl (C=O) groups is 1. The van der Waals surface area contributed by atoms with Crippen molar-refractivity contribution in [3.63, 3.8) is 0 Å². The first-order chi connectivity index (χ1) is 12.7. The van der Waals surface area contributed by atoms with Crippen molar-refractivity contribution in [2.45, 2.75) is 19.3 Å². The van der Waals surface area contributed by atoms with Crippen molar-refractivity contribution in [2.75, 3.05) is 25.1 Å². The number of anilines is 1. The van der Waals surface area contributed by atoms with Crippen molar-refractivity contribution >= 4 is 34.3 Å². The average Bonchev–Trinajstić information content (AvgIpc) is 3.30. The molecule has 1 fully saturated rings. The Morgan fingerprint density at radius 2 is 1.96 bits per heavy atom. The number of aliphatic imine (C=N–C) groups is 1. The van der Waals surface area contributed by atoms with Crippen LogP contribution in [0.25, 0.3) is 6.08 Å². The summed E-state index contributed by atoms with van der Waals surface area (Å²) in [4.78, 5) is 20.0. The second-order valence-corrected chi connectivity index (χ2v) is 7.35. The second-order valence-electron chi connectivity index (χ2n) is 6.26. The van der Waals surface area contributed by atoms with Gasteiger partial charge in [0.1, 0.15) is 5.75 Å². The Morgan fingerprint density at radius 1 is 1.15 bits per heavy atom. The zero-order chi connectivity index (χ0) is 17.9. The fraction of sp³-hybridized carbons (Fsp3) is 0.300. The highest BCUT2D eigenvalue weighted by molar-refractivity contribution is 7.16. The molecule has 134 valence electrons. The summed E-state index contributed by atoms with van der Waals surface area (Å²) in [7, 11) is 1.58. The molecule has 1 aromatic carbocycles. The van der Waals surface area contributed by atoms with Gasteiger partial charge in [0.05, 0.1) is 17.7 Å². The van der Waals surface area contributed by atoms with Gasteiger partial charge < -0.3 is 14.4 Å². The SMILES string of the molecule is COc1ccccc1C1=N/C(=C\c2ccc(N3CCCCC3)s2)C(=O)O1. The van der Waals surface area contributed by atoms with Crippen LogP contribution in [0.3, 0.4) is 0 Å². The number of piperidine rings is 1. The van der Waals surface area contributed by atoms with Crippen LogP contribution in [-0.4, -0.2) is 32.1 Å². The van der Waals surface area contributed by atoms with E-state index in [9.17, 15) is 4.79 Å². The highest BCUT2D eigenvalue weighted by Crippen LogP contribution is 2.31. The van der Waals surface area contributed by atoms with Crippen molar-refractivity contribution in [3.8, 4) is 5.75 Å². The fourth-order valence-electron chi connectivity index (χ4n) is 3.18. The summed E-state index contributed by atoms with van der Waals surface area (Å²) < 4.78 is 10.7. The number of hydrogen-bond acceptors (Lipinski definition) is 6. The highest BCUT2D eigenvalue weighted by Gasteiger charge is 2.26. The van der Waals surface area contributed by atoms with Crippen LogP contribution >= 0.6 is 11.3 Å². The third-order valence-electron chi connectivity index (χ3n) is 4.52.